The second kappa shape index (κ2) is 17.7. The number of carbonyl (C=O) groups excluding carboxylic acids is 3. The van der Waals surface area contributed by atoms with Gasteiger partial charge < -0.3 is 33.9 Å². The Hall–Kier alpha value is -4.73. The largest absolute Gasteiger partial charge is 0.474 e. The zero-order chi connectivity index (χ0) is 38.7. The molecule has 2 aromatic carbocycles. The predicted octanol–water partition coefficient (Wildman–Crippen LogP) is 7.13. The van der Waals surface area contributed by atoms with E-state index in [0.29, 0.717) is 38.8 Å². The van der Waals surface area contributed by atoms with Crippen molar-refractivity contribution in [2.75, 3.05) is 34.4 Å². The van der Waals surface area contributed by atoms with Crippen molar-refractivity contribution in [1.29, 1.82) is 0 Å². The Balaban J connectivity index is 0.000000284. The summed E-state index contributed by atoms with van der Waals surface area (Å²) in [5, 5.41) is 3.20. The summed E-state index contributed by atoms with van der Waals surface area (Å²) in [4.78, 5) is 38.7. The number of methoxy groups -OCH3 is 3. The summed E-state index contributed by atoms with van der Waals surface area (Å²) in [7, 11) is 3.67. The third-order valence-electron chi connectivity index (χ3n) is 8.77. The van der Waals surface area contributed by atoms with Crippen molar-refractivity contribution < 1.29 is 64.4 Å². The van der Waals surface area contributed by atoms with E-state index < -0.39 is 58.8 Å². The number of piperidine rings is 2. The molecule has 4 rings (SSSR count). The van der Waals surface area contributed by atoms with Crippen LogP contribution in [0.4, 0.5) is 31.1 Å². The number of likely N-dealkylation sites (tertiary alicyclic amines) is 1. The van der Waals surface area contributed by atoms with E-state index in [0.717, 1.165) is 36.4 Å². The maximum atomic E-state index is 12.8. The van der Waals surface area contributed by atoms with Crippen LogP contribution in [0.15, 0.2) is 73.8 Å². The van der Waals surface area contributed by atoms with Gasteiger partial charge in [0, 0.05) is 19.4 Å². The molecule has 0 aliphatic carbocycles. The van der Waals surface area contributed by atoms with Gasteiger partial charge in [-0.05, 0) is 80.8 Å². The van der Waals surface area contributed by atoms with Gasteiger partial charge in [-0.2, -0.15) is 26.3 Å². The van der Waals surface area contributed by atoms with Crippen molar-refractivity contribution in [1.82, 2.24) is 10.2 Å². The van der Waals surface area contributed by atoms with Crippen molar-refractivity contribution in [3.63, 3.8) is 0 Å². The van der Waals surface area contributed by atoms with Gasteiger partial charge in [0.05, 0.1) is 44.5 Å². The molecule has 0 radical (unpaired) electrons. The zero-order valence-corrected chi connectivity index (χ0v) is 29.0. The lowest BCUT2D eigenvalue weighted by Gasteiger charge is -2.46. The molecule has 16 heteroatoms. The van der Waals surface area contributed by atoms with Gasteiger partial charge in [0.25, 0.3) is 0 Å². The van der Waals surface area contributed by atoms with E-state index in [1.54, 1.807) is 6.08 Å². The second-order valence-electron chi connectivity index (χ2n) is 12.0. The number of nitrogens with one attached hydrogen (secondary N) is 1. The summed E-state index contributed by atoms with van der Waals surface area (Å²) >= 11 is 0. The number of hydrogen-bond donors (Lipinski definition) is 1. The first-order valence-electron chi connectivity index (χ1n) is 16.2. The van der Waals surface area contributed by atoms with Crippen LogP contribution >= 0.6 is 0 Å². The highest BCUT2D eigenvalue weighted by Crippen LogP contribution is 2.38. The summed E-state index contributed by atoms with van der Waals surface area (Å²) in [6, 6.07) is 7.14. The van der Waals surface area contributed by atoms with Crippen LogP contribution in [0.3, 0.4) is 0 Å². The minimum atomic E-state index is -4.49. The van der Waals surface area contributed by atoms with Crippen LogP contribution in [-0.2, 0) is 36.2 Å². The highest BCUT2D eigenvalue weighted by molar-refractivity contribution is 5.83. The van der Waals surface area contributed by atoms with Crippen molar-refractivity contribution in [3.8, 4) is 11.5 Å². The van der Waals surface area contributed by atoms with Gasteiger partial charge in [-0.1, -0.05) is 12.2 Å². The molecule has 0 bridgehead atoms. The topological polar surface area (TPSA) is 113 Å². The average molecular weight is 745 g/mol. The van der Waals surface area contributed by atoms with Gasteiger partial charge in [0.2, 0.25) is 11.2 Å². The fourth-order valence-electron chi connectivity index (χ4n) is 6.30. The lowest BCUT2D eigenvalue weighted by molar-refractivity contribution is -0.170. The molecular formula is C36H42F6N2O8. The SMILES string of the molecule is C=CC[C@H]1N(C(=O)OC)CCC[C@@]1(Oc1ccc(C(F)(F)F)cc1)C(=O)OC.C=CC[C@H]1NCCC[C@@]1(Oc1ccc(C(F)(F)F)cc1)C(=O)OC. The molecule has 0 saturated carbocycles. The highest BCUT2D eigenvalue weighted by atomic mass is 19.4. The summed E-state index contributed by atoms with van der Waals surface area (Å²) in [6.45, 7) is 8.39. The van der Waals surface area contributed by atoms with Crippen molar-refractivity contribution in [2.45, 2.75) is 74.2 Å². The Kier molecular flexibility index (Phi) is 14.2. The monoisotopic (exact) mass is 744 g/mol. The number of carbonyl (C=O) groups is 3. The van der Waals surface area contributed by atoms with Crippen molar-refractivity contribution in [2.24, 2.45) is 0 Å². The molecule has 2 saturated heterocycles. The Labute approximate surface area is 297 Å². The molecule has 2 fully saturated rings. The molecule has 2 aliphatic heterocycles. The van der Waals surface area contributed by atoms with Crippen LogP contribution in [-0.4, -0.2) is 80.6 Å². The van der Waals surface area contributed by atoms with E-state index in [-0.39, 0.29) is 30.4 Å². The first-order valence-corrected chi connectivity index (χ1v) is 16.2. The number of amides is 1. The minimum Gasteiger partial charge on any atom is -0.474 e. The van der Waals surface area contributed by atoms with Gasteiger partial charge in [0.1, 0.15) is 11.5 Å². The van der Waals surface area contributed by atoms with Crippen LogP contribution in [0.2, 0.25) is 0 Å². The van der Waals surface area contributed by atoms with Crippen LogP contribution in [0, 0.1) is 0 Å². The Morgan fingerprint density at radius 2 is 1.21 bits per heavy atom. The number of esters is 2. The van der Waals surface area contributed by atoms with E-state index in [2.05, 4.69) is 18.5 Å². The van der Waals surface area contributed by atoms with Crippen molar-refractivity contribution in [3.05, 3.63) is 85.0 Å². The molecule has 1 amide bonds. The first-order chi connectivity index (χ1) is 24.5. The summed E-state index contributed by atoms with van der Waals surface area (Å²) in [6.07, 6.45) is -3.97. The standard InChI is InChI=1S/C19H22F3NO5.C17H20F3NO3/c1-4-6-15-18(16(24)26-2,11-5-12-23(15)17(25)27-3)28-14-9-7-13(8-10-14)19(20,21)22;1-3-5-14-16(15(22)23-2,10-4-11-21-14)24-13-8-6-12(7-9-13)17(18,19)20/h4,7-10,15H,1,5-6,11-12H2,2-3H3;3,6-9,14,21H,1,4-5,10-11H2,2H3/t15-,18+;14-,16+/m11/s1. The molecule has 1 N–H and O–H groups in total. The number of benzene rings is 2. The van der Waals surface area contributed by atoms with Crippen LogP contribution < -0.4 is 14.8 Å². The van der Waals surface area contributed by atoms with Gasteiger partial charge in [-0.3, -0.25) is 0 Å². The zero-order valence-electron chi connectivity index (χ0n) is 29.0. The fourth-order valence-corrected chi connectivity index (χ4v) is 6.30. The molecule has 0 unspecified atom stereocenters. The van der Waals surface area contributed by atoms with Crippen molar-refractivity contribution >= 4 is 18.0 Å². The molecule has 0 aromatic heterocycles. The smallest absolute Gasteiger partial charge is 0.416 e. The van der Waals surface area contributed by atoms with E-state index >= 15 is 0 Å². The van der Waals surface area contributed by atoms with Gasteiger partial charge in [-0.25, -0.2) is 14.4 Å². The maximum absolute atomic E-state index is 12.8. The number of ether oxygens (including phenoxy) is 5. The third-order valence-corrected chi connectivity index (χ3v) is 8.77. The van der Waals surface area contributed by atoms with Gasteiger partial charge >= 0.3 is 30.4 Å². The van der Waals surface area contributed by atoms with Gasteiger partial charge in [-0.15, -0.1) is 13.2 Å². The van der Waals surface area contributed by atoms with Crippen LogP contribution in [0.5, 0.6) is 11.5 Å². The van der Waals surface area contributed by atoms with E-state index in [1.807, 2.05) is 0 Å². The number of halogens is 6. The highest BCUT2D eigenvalue weighted by Gasteiger charge is 2.55. The quantitative estimate of drug-likeness (QED) is 0.118. The summed E-state index contributed by atoms with van der Waals surface area (Å²) in [5.74, 6) is -1.04. The molecule has 0 spiro atoms. The third kappa shape index (κ3) is 9.57. The van der Waals surface area contributed by atoms with Crippen LogP contribution in [0.1, 0.15) is 49.7 Å². The second-order valence-corrected chi connectivity index (χ2v) is 12.0. The molecule has 10 nitrogen and oxygen atoms in total. The molecule has 2 aromatic rings. The normalized spacial score (nSPS) is 23.2. The number of nitrogens with zero attached hydrogens (tertiary/aromatic N) is 1. The van der Waals surface area contributed by atoms with E-state index in [9.17, 15) is 40.7 Å². The minimum absolute atomic E-state index is 0.0548. The number of alkyl halides is 6. The van der Waals surface area contributed by atoms with Crippen LogP contribution in [0.25, 0.3) is 0 Å². The molecule has 2 aliphatic rings. The predicted molar refractivity (Wildman–Crippen MR) is 176 cm³/mol. The average Bonchev–Trinajstić information content (AvgIpc) is 3.12. The lowest BCUT2D eigenvalue weighted by atomic mass is 9.82. The Bertz CT molecular complexity index is 1530. The number of rotatable bonds is 10. The molecular weight excluding hydrogens is 702 g/mol. The summed E-state index contributed by atoms with van der Waals surface area (Å²) in [5.41, 5.74) is -4.50. The lowest BCUT2D eigenvalue weighted by Crippen LogP contribution is -2.65. The Morgan fingerprint density at radius 3 is 1.65 bits per heavy atom. The van der Waals surface area contributed by atoms with E-state index in [4.69, 9.17) is 23.7 Å². The molecule has 286 valence electrons. The van der Waals surface area contributed by atoms with Gasteiger partial charge in [0.15, 0.2) is 0 Å². The fraction of sp³-hybridized carbons (Fsp3) is 0.472. The first kappa shape index (κ1) is 41.7. The molecule has 2 heterocycles. The molecule has 52 heavy (non-hydrogen) atoms. The molecule has 4 atom stereocenters. The van der Waals surface area contributed by atoms with E-state index in [1.165, 1.54) is 44.4 Å². The summed E-state index contributed by atoms with van der Waals surface area (Å²) < 4.78 is 103. The Morgan fingerprint density at radius 1 is 0.750 bits per heavy atom. The maximum Gasteiger partial charge on any atom is 0.416 e. The number of hydrogen-bond acceptors (Lipinski definition) is 9.